The summed E-state index contributed by atoms with van der Waals surface area (Å²) in [4.78, 5) is 16.1. The van der Waals surface area contributed by atoms with Gasteiger partial charge in [-0.05, 0) is 31.0 Å². The minimum absolute atomic E-state index is 0.00142. The van der Waals surface area contributed by atoms with Crippen LogP contribution in [0.3, 0.4) is 0 Å². The number of halogens is 5. The molecule has 0 saturated carbocycles. The lowest BCUT2D eigenvalue weighted by atomic mass is 9.85. The Morgan fingerprint density at radius 2 is 1.89 bits per heavy atom. The van der Waals surface area contributed by atoms with Crippen molar-refractivity contribution >= 4 is 17.6 Å². The van der Waals surface area contributed by atoms with E-state index in [0.717, 1.165) is 19.9 Å². The van der Waals surface area contributed by atoms with E-state index in [9.17, 15) is 22.4 Å². The maximum atomic E-state index is 14.8. The van der Waals surface area contributed by atoms with Crippen molar-refractivity contribution in [1.82, 2.24) is 9.55 Å². The lowest BCUT2D eigenvalue weighted by Crippen LogP contribution is -2.34. The zero-order valence-corrected chi connectivity index (χ0v) is 16.7. The van der Waals surface area contributed by atoms with Crippen LogP contribution in [0.15, 0.2) is 18.2 Å². The van der Waals surface area contributed by atoms with Gasteiger partial charge >= 0.3 is 12.1 Å². The van der Waals surface area contributed by atoms with Gasteiger partial charge in [-0.15, -0.1) is 0 Å². The molecule has 1 aromatic heterocycles. The van der Waals surface area contributed by atoms with Gasteiger partial charge < -0.3 is 4.74 Å². The zero-order valence-electron chi connectivity index (χ0n) is 16.0. The van der Waals surface area contributed by atoms with Crippen LogP contribution in [0.5, 0.6) is 0 Å². The average molecular weight is 421 g/mol. The van der Waals surface area contributed by atoms with E-state index in [1.54, 1.807) is 13.8 Å². The Hall–Kier alpha value is -2.09. The van der Waals surface area contributed by atoms with Gasteiger partial charge in [-0.1, -0.05) is 38.4 Å². The first-order chi connectivity index (χ1) is 12.9. The third kappa shape index (κ3) is 4.32. The van der Waals surface area contributed by atoms with Crippen LogP contribution < -0.4 is 0 Å². The molecule has 28 heavy (non-hydrogen) atoms. The highest BCUT2D eigenvalue weighted by Crippen LogP contribution is 2.40. The Bertz CT molecular complexity index is 876. The Kier molecular flexibility index (Phi) is 6.43. The minimum Gasteiger partial charge on any atom is -0.461 e. The quantitative estimate of drug-likeness (QED) is 0.455. The molecule has 154 valence electrons. The number of imidazole rings is 1. The third-order valence-corrected chi connectivity index (χ3v) is 4.69. The number of hydrogen-bond donors (Lipinski definition) is 0. The van der Waals surface area contributed by atoms with Crippen molar-refractivity contribution in [2.45, 2.75) is 46.7 Å². The van der Waals surface area contributed by atoms with Gasteiger partial charge in [-0.3, -0.25) is 4.57 Å². The highest BCUT2D eigenvalue weighted by molar-refractivity contribution is 6.32. The number of carbonyl (C=O) groups is 1. The molecule has 0 bridgehead atoms. The standard InChI is InChI=1S/C19H21ClF4N2O2/c1-5-14-25-15(17(27)28-6-2)16(20)26(14)13-8-7-11(9-12(13)21)10-18(3,4)19(22,23)24/h7-9H,5-6,10H2,1-4H3. The van der Waals surface area contributed by atoms with E-state index in [1.807, 2.05) is 0 Å². The smallest absolute Gasteiger partial charge is 0.394 e. The molecule has 2 rings (SSSR count). The normalized spacial score (nSPS) is 12.3. The number of benzene rings is 1. The fraction of sp³-hybridized carbons (Fsp3) is 0.474. The van der Waals surface area contributed by atoms with Crippen LogP contribution in [0.2, 0.25) is 5.15 Å². The highest BCUT2D eigenvalue weighted by Gasteiger charge is 2.47. The SMILES string of the molecule is CCOC(=O)c1nc(CC)n(-c2ccc(CC(C)(C)C(F)(F)F)cc2F)c1Cl. The molecule has 0 aliphatic carbocycles. The molecule has 9 heteroatoms. The average Bonchev–Trinajstić information content (AvgIpc) is 2.90. The lowest BCUT2D eigenvalue weighted by Gasteiger charge is -2.27. The van der Waals surface area contributed by atoms with Crippen molar-refractivity contribution in [2.75, 3.05) is 6.61 Å². The number of carbonyl (C=O) groups excluding carboxylic acids is 1. The highest BCUT2D eigenvalue weighted by atomic mass is 35.5. The fourth-order valence-electron chi connectivity index (χ4n) is 2.71. The van der Waals surface area contributed by atoms with Gasteiger partial charge in [-0.25, -0.2) is 14.2 Å². The van der Waals surface area contributed by atoms with Gasteiger partial charge in [-0.2, -0.15) is 13.2 Å². The van der Waals surface area contributed by atoms with E-state index in [-0.39, 0.29) is 35.1 Å². The van der Waals surface area contributed by atoms with Crippen LogP contribution in [0.25, 0.3) is 5.69 Å². The number of hydrogen-bond acceptors (Lipinski definition) is 3. The molecular formula is C19H21ClF4N2O2. The Labute approximate surface area is 165 Å². The maximum Gasteiger partial charge on any atom is 0.394 e. The molecule has 4 nitrogen and oxygen atoms in total. The summed E-state index contributed by atoms with van der Waals surface area (Å²) in [5, 5.41) is -0.113. The number of aromatic nitrogens is 2. The Morgan fingerprint density at radius 3 is 2.39 bits per heavy atom. The summed E-state index contributed by atoms with van der Waals surface area (Å²) < 4.78 is 60.2. The van der Waals surface area contributed by atoms with Gasteiger partial charge in [0.1, 0.15) is 16.8 Å². The van der Waals surface area contributed by atoms with Crippen LogP contribution in [-0.4, -0.2) is 28.3 Å². The minimum atomic E-state index is -4.42. The molecule has 0 saturated heterocycles. The lowest BCUT2D eigenvalue weighted by molar-refractivity contribution is -0.211. The molecule has 1 heterocycles. The Morgan fingerprint density at radius 1 is 1.25 bits per heavy atom. The van der Waals surface area contributed by atoms with Gasteiger partial charge in [0.15, 0.2) is 5.69 Å². The summed E-state index contributed by atoms with van der Waals surface area (Å²) in [5.74, 6) is -1.17. The van der Waals surface area contributed by atoms with Crippen LogP contribution in [0.4, 0.5) is 17.6 Å². The van der Waals surface area contributed by atoms with Crippen molar-refractivity contribution in [3.05, 3.63) is 46.3 Å². The summed E-state index contributed by atoms with van der Waals surface area (Å²) in [6.45, 7) is 5.63. The van der Waals surface area contributed by atoms with Crippen LogP contribution in [0, 0.1) is 11.2 Å². The molecule has 0 aliphatic rings. The number of aryl methyl sites for hydroxylation is 1. The topological polar surface area (TPSA) is 44.1 Å². The molecular weight excluding hydrogens is 400 g/mol. The van der Waals surface area contributed by atoms with Gasteiger partial charge in [0.25, 0.3) is 0 Å². The van der Waals surface area contributed by atoms with Crippen molar-refractivity contribution in [2.24, 2.45) is 5.41 Å². The molecule has 0 spiro atoms. The number of nitrogens with zero attached hydrogens (tertiary/aromatic N) is 2. The largest absolute Gasteiger partial charge is 0.461 e. The molecule has 0 fully saturated rings. The van der Waals surface area contributed by atoms with E-state index in [2.05, 4.69) is 4.98 Å². The van der Waals surface area contributed by atoms with Crippen molar-refractivity contribution in [1.29, 1.82) is 0 Å². The van der Waals surface area contributed by atoms with E-state index < -0.39 is 23.4 Å². The van der Waals surface area contributed by atoms with Crippen molar-refractivity contribution < 1.29 is 27.1 Å². The molecule has 0 aliphatic heterocycles. The number of esters is 1. The number of alkyl halides is 3. The molecule has 0 unspecified atom stereocenters. The first-order valence-corrected chi connectivity index (χ1v) is 9.10. The van der Waals surface area contributed by atoms with E-state index in [0.29, 0.717) is 12.2 Å². The van der Waals surface area contributed by atoms with Crippen molar-refractivity contribution in [3.8, 4) is 5.69 Å². The summed E-state index contributed by atoms with van der Waals surface area (Å²) in [7, 11) is 0. The summed E-state index contributed by atoms with van der Waals surface area (Å²) >= 11 is 6.24. The summed E-state index contributed by atoms with van der Waals surface area (Å²) in [6.07, 6.45) is -4.44. The van der Waals surface area contributed by atoms with E-state index in [4.69, 9.17) is 16.3 Å². The first-order valence-electron chi connectivity index (χ1n) is 8.72. The molecule has 0 amide bonds. The summed E-state index contributed by atoms with van der Waals surface area (Å²) in [6, 6.07) is 3.78. The predicted molar refractivity (Wildman–Crippen MR) is 97.4 cm³/mol. The second-order valence-electron chi connectivity index (χ2n) is 6.92. The molecule has 0 radical (unpaired) electrons. The van der Waals surface area contributed by atoms with Crippen LogP contribution >= 0.6 is 11.6 Å². The first kappa shape index (κ1) is 22.2. The van der Waals surface area contributed by atoms with Crippen LogP contribution in [0.1, 0.15) is 49.6 Å². The number of ether oxygens (including phenoxy) is 1. The molecule has 1 aromatic carbocycles. The molecule has 2 aromatic rings. The van der Waals surface area contributed by atoms with Gasteiger partial charge in [0.2, 0.25) is 0 Å². The summed E-state index contributed by atoms with van der Waals surface area (Å²) in [5.41, 5.74) is -1.94. The van der Waals surface area contributed by atoms with Crippen molar-refractivity contribution in [3.63, 3.8) is 0 Å². The predicted octanol–water partition coefficient (Wildman–Crippen LogP) is 5.53. The van der Waals surface area contributed by atoms with Crippen LogP contribution in [-0.2, 0) is 17.6 Å². The third-order valence-electron chi connectivity index (χ3n) is 4.34. The van der Waals surface area contributed by atoms with Gasteiger partial charge in [0, 0.05) is 6.42 Å². The fourth-order valence-corrected chi connectivity index (χ4v) is 3.02. The monoisotopic (exact) mass is 420 g/mol. The molecule has 0 N–H and O–H groups in total. The zero-order chi connectivity index (χ0) is 21.3. The van der Waals surface area contributed by atoms with E-state index in [1.165, 1.54) is 16.7 Å². The Balaban J connectivity index is 2.46. The molecule has 0 atom stereocenters. The van der Waals surface area contributed by atoms with Gasteiger partial charge in [0.05, 0.1) is 17.7 Å². The second kappa shape index (κ2) is 8.11. The maximum absolute atomic E-state index is 14.8. The second-order valence-corrected chi connectivity index (χ2v) is 7.28. The van der Waals surface area contributed by atoms with E-state index >= 15 is 0 Å². The number of rotatable bonds is 6.